The number of rotatable bonds is 8. The molecule has 3 nitrogen and oxygen atoms in total. The Hall–Kier alpha value is -0.710. The van der Waals surface area contributed by atoms with Crippen LogP contribution >= 0.6 is 11.3 Å². The van der Waals surface area contributed by atoms with E-state index in [1.807, 2.05) is 17.8 Å². The molecule has 1 rings (SSSR count). The summed E-state index contributed by atoms with van der Waals surface area (Å²) < 4.78 is 0. The molecule has 4 heteroatoms. The molecular formula is C11H19N3S. The summed E-state index contributed by atoms with van der Waals surface area (Å²) in [4.78, 5) is 5.28. The van der Waals surface area contributed by atoms with Crippen molar-refractivity contribution in [3.05, 3.63) is 29.2 Å². The van der Waals surface area contributed by atoms with E-state index in [-0.39, 0.29) is 6.04 Å². The Bertz CT molecular complexity index is 259. The number of aromatic nitrogens is 1. The second kappa shape index (κ2) is 7.56. The number of hydrazine groups is 1. The zero-order chi connectivity index (χ0) is 10.9. The molecule has 0 aromatic carbocycles. The first-order valence-corrected chi connectivity index (χ1v) is 6.22. The van der Waals surface area contributed by atoms with E-state index in [9.17, 15) is 0 Å². The lowest BCUT2D eigenvalue weighted by Crippen LogP contribution is -2.27. The fourth-order valence-corrected chi connectivity index (χ4v) is 2.23. The number of hydrogen-bond donors (Lipinski definition) is 2. The van der Waals surface area contributed by atoms with E-state index in [1.165, 1.54) is 24.1 Å². The van der Waals surface area contributed by atoms with Crippen molar-refractivity contribution in [1.29, 1.82) is 0 Å². The van der Waals surface area contributed by atoms with E-state index in [0.29, 0.717) is 0 Å². The van der Waals surface area contributed by atoms with E-state index in [1.54, 1.807) is 11.3 Å². The van der Waals surface area contributed by atoms with Crippen molar-refractivity contribution in [1.82, 2.24) is 10.4 Å². The van der Waals surface area contributed by atoms with E-state index in [2.05, 4.69) is 17.0 Å². The van der Waals surface area contributed by atoms with E-state index in [4.69, 9.17) is 5.84 Å². The number of thiazole rings is 1. The van der Waals surface area contributed by atoms with Crippen LogP contribution in [0, 0.1) is 0 Å². The van der Waals surface area contributed by atoms with Gasteiger partial charge in [0.25, 0.3) is 0 Å². The molecule has 3 N–H and O–H groups in total. The van der Waals surface area contributed by atoms with Crippen LogP contribution in [-0.2, 0) is 0 Å². The Kier molecular flexibility index (Phi) is 6.23. The third-order valence-corrected chi connectivity index (χ3v) is 3.29. The maximum atomic E-state index is 5.52. The molecular weight excluding hydrogens is 206 g/mol. The maximum Gasteiger partial charge on any atom is 0.0794 e. The lowest BCUT2D eigenvalue weighted by molar-refractivity contribution is 0.489. The minimum atomic E-state index is 0.265. The monoisotopic (exact) mass is 225 g/mol. The summed E-state index contributed by atoms with van der Waals surface area (Å²) in [5.74, 6) is 5.52. The molecule has 0 aliphatic carbocycles. The summed E-state index contributed by atoms with van der Waals surface area (Å²) in [5, 5.41) is 0. The third-order valence-electron chi connectivity index (χ3n) is 2.40. The molecule has 0 radical (unpaired) electrons. The summed E-state index contributed by atoms with van der Waals surface area (Å²) in [6.45, 7) is 3.71. The number of nitrogens with two attached hydrogens (primary N) is 1. The minimum Gasteiger partial charge on any atom is -0.271 e. The Balaban J connectivity index is 2.20. The second-order valence-electron chi connectivity index (χ2n) is 3.55. The van der Waals surface area contributed by atoms with Crippen LogP contribution in [0.4, 0.5) is 0 Å². The average Bonchev–Trinajstić information content (AvgIpc) is 2.77. The molecule has 1 atom stereocenters. The lowest BCUT2D eigenvalue weighted by Gasteiger charge is -2.12. The van der Waals surface area contributed by atoms with Gasteiger partial charge in [0.1, 0.15) is 0 Å². The molecule has 0 bridgehead atoms. The highest BCUT2D eigenvalue weighted by atomic mass is 32.1. The zero-order valence-electron chi connectivity index (χ0n) is 8.98. The molecule has 1 unspecified atom stereocenters. The normalized spacial score (nSPS) is 12.6. The van der Waals surface area contributed by atoms with Crippen LogP contribution in [0.2, 0.25) is 0 Å². The fourth-order valence-electron chi connectivity index (χ4n) is 1.52. The Labute approximate surface area is 95.4 Å². The number of allylic oxidation sites excluding steroid dienone is 1. The standard InChI is InChI=1S/C11H19N3S/c1-2-3-4-5-6-7-10(14-12)11-8-13-9-15-11/h2,8-10,14H,1,3-7,12H2. The number of nitrogens with zero attached hydrogens (tertiary/aromatic N) is 1. The quantitative estimate of drug-likeness (QED) is 0.309. The first-order valence-electron chi connectivity index (χ1n) is 5.34. The van der Waals surface area contributed by atoms with Crippen molar-refractivity contribution in [2.75, 3.05) is 0 Å². The highest BCUT2D eigenvalue weighted by molar-refractivity contribution is 7.09. The van der Waals surface area contributed by atoms with Gasteiger partial charge in [-0.1, -0.05) is 18.9 Å². The molecule has 0 saturated heterocycles. The van der Waals surface area contributed by atoms with E-state index < -0.39 is 0 Å². The van der Waals surface area contributed by atoms with Gasteiger partial charge in [-0.15, -0.1) is 17.9 Å². The highest BCUT2D eigenvalue weighted by Crippen LogP contribution is 2.22. The zero-order valence-corrected chi connectivity index (χ0v) is 9.80. The Morgan fingerprint density at radius 3 is 3.00 bits per heavy atom. The smallest absolute Gasteiger partial charge is 0.0794 e. The van der Waals surface area contributed by atoms with Gasteiger partial charge in [-0.25, -0.2) is 0 Å². The Morgan fingerprint density at radius 2 is 2.40 bits per heavy atom. The van der Waals surface area contributed by atoms with Crippen LogP contribution in [0.1, 0.15) is 43.0 Å². The van der Waals surface area contributed by atoms with Crippen LogP contribution in [0.25, 0.3) is 0 Å². The molecule has 0 spiro atoms. The first-order chi connectivity index (χ1) is 7.38. The van der Waals surface area contributed by atoms with Gasteiger partial charge in [0.05, 0.1) is 11.6 Å². The van der Waals surface area contributed by atoms with Gasteiger partial charge >= 0.3 is 0 Å². The molecule has 1 aromatic heterocycles. The van der Waals surface area contributed by atoms with Gasteiger partial charge in [0.15, 0.2) is 0 Å². The van der Waals surface area contributed by atoms with Crippen molar-refractivity contribution in [2.45, 2.75) is 38.1 Å². The van der Waals surface area contributed by atoms with Gasteiger partial charge in [0, 0.05) is 11.1 Å². The molecule has 0 saturated carbocycles. The van der Waals surface area contributed by atoms with Crippen molar-refractivity contribution in [2.24, 2.45) is 5.84 Å². The highest BCUT2D eigenvalue weighted by Gasteiger charge is 2.10. The molecule has 0 aliphatic rings. The van der Waals surface area contributed by atoms with Gasteiger partial charge in [-0.05, 0) is 19.3 Å². The molecule has 1 heterocycles. The van der Waals surface area contributed by atoms with Gasteiger partial charge < -0.3 is 0 Å². The van der Waals surface area contributed by atoms with Crippen molar-refractivity contribution >= 4 is 11.3 Å². The molecule has 84 valence electrons. The van der Waals surface area contributed by atoms with Gasteiger partial charge in [0.2, 0.25) is 0 Å². The summed E-state index contributed by atoms with van der Waals surface area (Å²) in [5.41, 5.74) is 4.69. The van der Waals surface area contributed by atoms with Crippen LogP contribution in [0.15, 0.2) is 24.4 Å². The van der Waals surface area contributed by atoms with Crippen molar-refractivity contribution in [3.8, 4) is 0 Å². The number of unbranched alkanes of at least 4 members (excludes halogenated alkanes) is 3. The summed E-state index contributed by atoms with van der Waals surface area (Å²) in [7, 11) is 0. The van der Waals surface area contributed by atoms with Crippen LogP contribution in [0.5, 0.6) is 0 Å². The second-order valence-corrected chi connectivity index (χ2v) is 4.47. The van der Waals surface area contributed by atoms with Gasteiger partial charge in [-0.2, -0.15) is 0 Å². The first kappa shape index (κ1) is 12.4. The summed E-state index contributed by atoms with van der Waals surface area (Å²) in [6.07, 6.45) is 9.71. The summed E-state index contributed by atoms with van der Waals surface area (Å²) in [6, 6.07) is 0.265. The lowest BCUT2D eigenvalue weighted by atomic mass is 10.1. The average molecular weight is 225 g/mol. The fraction of sp³-hybridized carbons (Fsp3) is 0.545. The number of nitrogens with one attached hydrogen (secondary N) is 1. The van der Waals surface area contributed by atoms with Crippen molar-refractivity contribution < 1.29 is 0 Å². The van der Waals surface area contributed by atoms with Crippen molar-refractivity contribution in [3.63, 3.8) is 0 Å². The molecule has 0 aliphatic heterocycles. The SMILES string of the molecule is C=CCCCCCC(NN)c1cncs1. The summed E-state index contributed by atoms with van der Waals surface area (Å²) >= 11 is 1.65. The predicted octanol–water partition coefficient (Wildman–Crippen LogP) is 2.78. The third kappa shape index (κ3) is 4.55. The molecule has 0 amide bonds. The molecule has 15 heavy (non-hydrogen) atoms. The minimum absolute atomic E-state index is 0.265. The predicted molar refractivity (Wildman–Crippen MR) is 65.5 cm³/mol. The Morgan fingerprint density at radius 1 is 1.53 bits per heavy atom. The molecule has 0 fully saturated rings. The van der Waals surface area contributed by atoms with Crippen LogP contribution in [-0.4, -0.2) is 4.98 Å². The van der Waals surface area contributed by atoms with Crippen LogP contribution in [0.3, 0.4) is 0 Å². The molecule has 1 aromatic rings. The largest absolute Gasteiger partial charge is 0.271 e. The maximum absolute atomic E-state index is 5.52. The van der Waals surface area contributed by atoms with Gasteiger partial charge in [-0.3, -0.25) is 16.3 Å². The van der Waals surface area contributed by atoms with Crippen LogP contribution < -0.4 is 11.3 Å². The topological polar surface area (TPSA) is 50.9 Å². The number of hydrogen-bond acceptors (Lipinski definition) is 4. The van der Waals surface area contributed by atoms with E-state index in [0.717, 1.165) is 12.8 Å². The van der Waals surface area contributed by atoms with E-state index >= 15 is 0 Å².